The number of rotatable bonds is 3. The molecule has 0 fully saturated rings. The van der Waals surface area contributed by atoms with Gasteiger partial charge < -0.3 is 15.4 Å². The van der Waals surface area contributed by atoms with Crippen molar-refractivity contribution in [3.05, 3.63) is 59.7 Å². The van der Waals surface area contributed by atoms with Crippen LogP contribution in [0.4, 0.5) is 29.3 Å². The van der Waals surface area contributed by atoms with Crippen molar-refractivity contribution in [2.75, 3.05) is 17.7 Å². The van der Waals surface area contributed by atoms with E-state index in [1.54, 1.807) is 12.1 Å². The lowest BCUT2D eigenvalue weighted by atomic mass is 10.2. The lowest BCUT2D eigenvalue weighted by Gasteiger charge is -2.10. The molecule has 2 amide bonds. The Labute approximate surface area is 135 Å². The van der Waals surface area contributed by atoms with Gasteiger partial charge in [-0.05, 0) is 42.5 Å². The molecule has 24 heavy (non-hydrogen) atoms. The minimum Gasteiger partial charge on any atom is -0.465 e. The standard InChI is InChI=1S/C16H13F3N2O3/c1-24-14(22)10-3-2-4-13(9-10)21-15(23)20-12-7-5-11(6-8-12)16(17,18)19/h2-9H,1H3,(H2,20,21,23). The monoisotopic (exact) mass is 338 g/mol. The summed E-state index contributed by atoms with van der Waals surface area (Å²) >= 11 is 0. The SMILES string of the molecule is COC(=O)c1cccc(NC(=O)Nc2ccc(C(F)(F)F)cc2)c1. The molecule has 0 saturated heterocycles. The van der Waals surface area contributed by atoms with E-state index < -0.39 is 23.7 Å². The molecule has 0 bridgehead atoms. The normalized spacial score (nSPS) is 10.8. The highest BCUT2D eigenvalue weighted by Crippen LogP contribution is 2.29. The van der Waals surface area contributed by atoms with Gasteiger partial charge in [0.25, 0.3) is 0 Å². The number of esters is 1. The van der Waals surface area contributed by atoms with E-state index in [9.17, 15) is 22.8 Å². The molecular weight excluding hydrogens is 325 g/mol. The summed E-state index contributed by atoms with van der Waals surface area (Å²) in [6, 6.07) is 9.42. The molecular formula is C16H13F3N2O3. The summed E-state index contributed by atoms with van der Waals surface area (Å²) in [5, 5.41) is 4.87. The Kier molecular flexibility index (Phi) is 5.08. The van der Waals surface area contributed by atoms with Crippen molar-refractivity contribution in [2.45, 2.75) is 6.18 Å². The minimum absolute atomic E-state index is 0.199. The van der Waals surface area contributed by atoms with Crippen molar-refractivity contribution in [3.8, 4) is 0 Å². The molecule has 0 unspecified atom stereocenters. The molecule has 0 saturated carbocycles. The summed E-state index contributed by atoms with van der Waals surface area (Å²) in [4.78, 5) is 23.3. The molecule has 2 aromatic rings. The number of alkyl halides is 3. The molecule has 0 aliphatic carbocycles. The number of carbonyl (C=O) groups excluding carboxylic acids is 2. The van der Waals surface area contributed by atoms with Gasteiger partial charge in [0.2, 0.25) is 0 Å². The second kappa shape index (κ2) is 7.03. The summed E-state index contributed by atoms with van der Waals surface area (Å²) in [6.45, 7) is 0. The smallest absolute Gasteiger partial charge is 0.416 e. The highest BCUT2D eigenvalue weighted by Gasteiger charge is 2.29. The van der Waals surface area contributed by atoms with Gasteiger partial charge >= 0.3 is 18.2 Å². The number of urea groups is 1. The molecule has 0 aromatic heterocycles. The van der Waals surface area contributed by atoms with E-state index in [1.807, 2.05) is 0 Å². The van der Waals surface area contributed by atoms with Crippen molar-refractivity contribution in [2.24, 2.45) is 0 Å². The average molecular weight is 338 g/mol. The van der Waals surface area contributed by atoms with E-state index in [0.29, 0.717) is 5.69 Å². The number of amides is 2. The third-order valence-corrected chi connectivity index (χ3v) is 3.01. The zero-order valence-corrected chi connectivity index (χ0v) is 12.5. The van der Waals surface area contributed by atoms with Crippen LogP contribution in [0.2, 0.25) is 0 Å². The molecule has 0 heterocycles. The summed E-state index contributed by atoms with van der Waals surface area (Å²) in [5.74, 6) is -0.554. The number of anilines is 2. The van der Waals surface area contributed by atoms with Crippen LogP contribution in [-0.4, -0.2) is 19.1 Å². The molecule has 126 valence electrons. The fourth-order valence-corrected chi connectivity index (χ4v) is 1.88. The fourth-order valence-electron chi connectivity index (χ4n) is 1.88. The Hall–Kier alpha value is -3.03. The second-order valence-corrected chi connectivity index (χ2v) is 4.73. The Balaban J connectivity index is 2.02. The van der Waals surface area contributed by atoms with Crippen LogP contribution in [-0.2, 0) is 10.9 Å². The van der Waals surface area contributed by atoms with E-state index in [0.717, 1.165) is 24.3 Å². The van der Waals surface area contributed by atoms with Gasteiger partial charge in [0.1, 0.15) is 0 Å². The quantitative estimate of drug-likeness (QED) is 0.827. The van der Waals surface area contributed by atoms with E-state index in [1.165, 1.54) is 19.2 Å². The fraction of sp³-hybridized carbons (Fsp3) is 0.125. The van der Waals surface area contributed by atoms with Gasteiger partial charge in [-0.3, -0.25) is 0 Å². The van der Waals surface area contributed by atoms with Crippen molar-refractivity contribution in [1.82, 2.24) is 0 Å². The highest BCUT2D eigenvalue weighted by molar-refractivity contribution is 6.00. The Morgan fingerprint density at radius 3 is 2.17 bits per heavy atom. The lowest BCUT2D eigenvalue weighted by molar-refractivity contribution is -0.137. The van der Waals surface area contributed by atoms with Crippen LogP contribution in [0.3, 0.4) is 0 Å². The molecule has 5 nitrogen and oxygen atoms in total. The average Bonchev–Trinajstić information content (AvgIpc) is 2.54. The first kappa shape index (κ1) is 17.3. The summed E-state index contributed by atoms with van der Waals surface area (Å²) in [7, 11) is 1.24. The third kappa shape index (κ3) is 4.48. The van der Waals surface area contributed by atoms with Gasteiger partial charge in [-0.1, -0.05) is 6.07 Å². The maximum Gasteiger partial charge on any atom is 0.416 e. The van der Waals surface area contributed by atoms with E-state index in [-0.39, 0.29) is 11.3 Å². The zero-order valence-electron chi connectivity index (χ0n) is 12.5. The van der Waals surface area contributed by atoms with E-state index in [2.05, 4.69) is 15.4 Å². The second-order valence-electron chi connectivity index (χ2n) is 4.73. The minimum atomic E-state index is -4.44. The first-order valence-corrected chi connectivity index (χ1v) is 6.73. The highest BCUT2D eigenvalue weighted by atomic mass is 19.4. The van der Waals surface area contributed by atoms with Crippen LogP contribution < -0.4 is 10.6 Å². The van der Waals surface area contributed by atoms with E-state index in [4.69, 9.17) is 0 Å². The maximum absolute atomic E-state index is 12.5. The maximum atomic E-state index is 12.5. The Bertz CT molecular complexity index is 743. The molecule has 8 heteroatoms. The lowest BCUT2D eigenvalue weighted by Crippen LogP contribution is -2.19. The predicted octanol–water partition coefficient (Wildman–Crippen LogP) is 4.14. The van der Waals surface area contributed by atoms with Crippen LogP contribution in [0.15, 0.2) is 48.5 Å². The first-order valence-electron chi connectivity index (χ1n) is 6.73. The summed E-state index contributed by atoms with van der Waals surface area (Å²) in [5.41, 5.74) is -0.0176. The van der Waals surface area contributed by atoms with Crippen molar-refractivity contribution >= 4 is 23.4 Å². The van der Waals surface area contributed by atoms with Crippen LogP contribution in [0.1, 0.15) is 15.9 Å². The zero-order chi connectivity index (χ0) is 17.7. The topological polar surface area (TPSA) is 67.4 Å². The Morgan fingerprint density at radius 2 is 1.58 bits per heavy atom. The number of benzene rings is 2. The largest absolute Gasteiger partial charge is 0.465 e. The van der Waals surface area contributed by atoms with Gasteiger partial charge in [-0.2, -0.15) is 13.2 Å². The number of halogens is 3. The number of hydrogen-bond donors (Lipinski definition) is 2. The number of ether oxygens (including phenoxy) is 1. The molecule has 0 radical (unpaired) electrons. The van der Waals surface area contributed by atoms with Crippen molar-refractivity contribution in [1.29, 1.82) is 0 Å². The number of methoxy groups -OCH3 is 1. The summed E-state index contributed by atoms with van der Waals surface area (Å²) in [6.07, 6.45) is -4.44. The Morgan fingerprint density at radius 1 is 0.958 bits per heavy atom. The number of nitrogens with one attached hydrogen (secondary N) is 2. The van der Waals surface area contributed by atoms with Gasteiger partial charge in [0.05, 0.1) is 18.2 Å². The predicted molar refractivity (Wildman–Crippen MR) is 81.9 cm³/mol. The molecule has 2 rings (SSSR count). The van der Waals surface area contributed by atoms with E-state index >= 15 is 0 Å². The number of hydrogen-bond acceptors (Lipinski definition) is 3. The van der Waals surface area contributed by atoms with Crippen molar-refractivity contribution < 1.29 is 27.5 Å². The first-order chi connectivity index (χ1) is 11.3. The van der Waals surface area contributed by atoms with Crippen LogP contribution in [0.25, 0.3) is 0 Å². The number of carbonyl (C=O) groups is 2. The molecule has 0 aliphatic rings. The van der Waals surface area contributed by atoms with Gasteiger partial charge in [-0.25, -0.2) is 9.59 Å². The van der Waals surface area contributed by atoms with Gasteiger partial charge in [-0.15, -0.1) is 0 Å². The van der Waals surface area contributed by atoms with Crippen LogP contribution >= 0.6 is 0 Å². The summed E-state index contributed by atoms with van der Waals surface area (Å²) < 4.78 is 42.0. The van der Waals surface area contributed by atoms with Crippen molar-refractivity contribution in [3.63, 3.8) is 0 Å². The van der Waals surface area contributed by atoms with Gasteiger partial charge in [0, 0.05) is 11.4 Å². The molecule has 0 spiro atoms. The van der Waals surface area contributed by atoms with Crippen LogP contribution in [0.5, 0.6) is 0 Å². The van der Waals surface area contributed by atoms with Gasteiger partial charge in [0.15, 0.2) is 0 Å². The third-order valence-electron chi connectivity index (χ3n) is 3.01. The molecule has 2 aromatic carbocycles. The molecule has 2 N–H and O–H groups in total. The molecule has 0 atom stereocenters. The van der Waals surface area contributed by atoms with Crippen LogP contribution in [0, 0.1) is 0 Å². The molecule has 0 aliphatic heterocycles.